The molecule has 0 aliphatic rings. The number of pyridine rings is 1. The van der Waals surface area contributed by atoms with Crippen molar-refractivity contribution in [3.8, 4) is 11.6 Å². The van der Waals surface area contributed by atoms with Crippen LogP contribution in [0.25, 0.3) is 0 Å². The van der Waals surface area contributed by atoms with Gasteiger partial charge in [0.2, 0.25) is 5.88 Å². The van der Waals surface area contributed by atoms with Gasteiger partial charge < -0.3 is 9.84 Å². The zero-order valence-corrected chi connectivity index (χ0v) is 9.39. The first kappa shape index (κ1) is 11.4. The Labute approximate surface area is 102 Å². The number of aromatic nitrogens is 1. The molecule has 1 N–H and O–H groups in total. The number of ether oxygens (including phenoxy) is 1. The lowest BCUT2D eigenvalue weighted by molar-refractivity contribution is 0.0696. The van der Waals surface area contributed by atoms with E-state index in [1.807, 2.05) is 18.2 Å². The first-order valence-electron chi connectivity index (χ1n) is 4.78. The number of hydrogen-bond donors (Lipinski definition) is 1. The maximum absolute atomic E-state index is 10.7. The molecule has 1 aromatic heterocycles. The molecule has 5 heteroatoms. The number of hydrogen-bond acceptors (Lipinski definition) is 3. The fourth-order valence-corrected chi connectivity index (χ4v) is 1.42. The Morgan fingerprint density at radius 1 is 1.29 bits per heavy atom. The second kappa shape index (κ2) is 4.84. The molecule has 0 saturated heterocycles. The Balaban J connectivity index is 2.26. The Morgan fingerprint density at radius 2 is 2.00 bits per heavy atom. The molecule has 1 aromatic carbocycles. The Hall–Kier alpha value is -2.07. The van der Waals surface area contributed by atoms with Crippen LogP contribution in [0.4, 0.5) is 0 Å². The minimum absolute atomic E-state index is 0.0235. The molecule has 0 radical (unpaired) electrons. The molecular formula is C12H8ClNO3. The summed E-state index contributed by atoms with van der Waals surface area (Å²) in [6, 6.07) is 10.3. The maximum atomic E-state index is 10.7. The van der Waals surface area contributed by atoms with Crippen LogP contribution >= 0.6 is 11.6 Å². The SMILES string of the molecule is O=C(O)c1cnc(Oc2ccccc2)c(Cl)c1. The van der Waals surface area contributed by atoms with E-state index in [-0.39, 0.29) is 16.5 Å². The molecule has 0 bridgehead atoms. The molecule has 1 heterocycles. The second-order valence-corrected chi connectivity index (χ2v) is 3.64. The number of benzene rings is 1. The quantitative estimate of drug-likeness (QED) is 0.907. The molecule has 0 unspecified atom stereocenters. The summed E-state index contributed by atoms with van der Waals surface area (Å²) in [6.07, 6.45) is 1.20. The van der Waals surface area contributed by atoms with Gasteiger partial charge in [0, 0.05) is 6.20 Å². The monoisotopic (exact) mass is 249 g/mol. The summed E-state index contributed by atoms with van der Waals surface area (Å²) in [6.45, 7) is 0. The Morgan fingerprint density at radius 3 is 2.59 bits per heavy atom. The van der Waals surface area contributed by atoms with Crippen LogP contribution in [0.1, 0.15) is 10.4 Å². The van der Waals surface area contributed by atoms with Gasteiger partial charge in [-0.2, -0.15) is 0 Å². The summed E-state index contributed by atoms with van der Waals surface area (Å²) < 4.78 is 5.41. The molecule has 0 aliphatic carbocycles. The minimum atomic E-state index is -1.08. The second-order valence-electron chi connectivity index (χ2n) is 3.23. The molecule has 0 aliphatic heterocycles. The highest BCUT2D eigenvalue weighted by atomic mass is 35.5. The average molecular weight is 250 g/mol. The van der Waals surface area contributed by atoms with Gasteiger partial charge in [-0.25, -0.2) is 9.78 Å². The van der Waals surface area contributed by atoms with E-state index in [2.05, 4.69) is 4.98 Å². The summed E-state index contributed by atoms with van der Waals surface area (Å²) >= 11 is 5.87. The van der Waals surface area contributed by atoms with Gasteiger partial charge in [0.1, 0.15) is 10.8 Å². The van der Waals surface area contributed by atoms with Crippen LogP contribution in [0.3, 0.4) is 0 Å². The van der Waals surface area contributed by atoms with Crippen LogP contribution in [0.5, 0.6) is 11.6 Å². The van der Waals surface area contributed by atoms with E-state index in [1.54, 1.807) is 12.1 Å². The van der Waals surface area contributed by atoms with Gasteiger partial charge in [0.05, 0.1) is 5.56 Å². The van der Waals surface area contributed by atoms with Crippen LogP contribution in [-0.4, -0.2) is 16.1 Å². The Kier molecular flexibility index (Phi) is 3.25. The zero-order chi connectivity index (χ0) is 12.3. The first-order valence-corrected chi connectivity index (χ1v) is 5.16. The van der Waals surface area contributed by atoms with Crippen LogP contribution in [0.15, 0.2) is 42.6 Å². The number of halogens is 1. The predicted molar refractivity (Wildman–Crippen MR) is 62.7 cm³/mol. The first-order chi connectivity index (χ1) is 8.16. The number of carboxylic acids is 1. The van der Waals surface area contributed by atoms with E-state index in [4.69, 9.17) is 21.4 Å². The molecule has 2 aromatic rings. The van der Waals surface area contributed by atoms with Crippen molar-refractivity contribution in [2.24, 2.45) is 0 Å². The van der Waals surface area contributed by atoms with Crippen molar-refractivity contribution in [2.75, 3.05) is 0 Å². The highest BCUT2D eigenvalue weighted by molar-refractivity contribution is 6.32. The van der Waals surface area contributed by atoms with Crippen LogP contribution in [-0.2, 0) is 0 Å². The van der Waals surface area contributed by atoms with Gasteiger partial charge in [-0.3, -0.25) is 0 Å². The standard InChI is InChI=1S/C12H8ClNO3/c13-10-6-8(12(15)16)7-14-11(10)17-9-4-2-1-3-5-9/h1-7H,(H,15,16). The fourth-order valence-electron chi connectivity index (χ4n) is 1.22. The van der Waals surface area contributed by atoms with Crippen molar-refractivity contribution in [1.82, 2.24) is 4.98 Å². The lowest BCUT2D eigenvalue weighted by Gasteiger charge is -2.06. The highest BCUT2D eigenvalue weighted by Crippen LogP contribution is 2.27. The van der Waals surface area contributed by atoms with E-state index in [0.717, 1.165) is 0 Å². The fraction of sp³-hybridized carbons (Fsp3) is 0. The number of nitrogens with zero attached hydrogens (tertiary/aromatic N) is 1. The highest BCUT2D eigenvalue weighted by Gasteiger charge is 2.09. The van der Waals surface area contributed by atoms with E-state index >= 15 is 0 Å². The summed E-state index contributed by atoms with van der Waals surface area (Å²) in [5.41, 5.74) is 0.0235. The number of carboxylic acid groups (broad SMARTS) is 1. The average Bonchev–Trinajstić information content (AvgIpc) is 2.33. The zero-order valence-electron chi connectivity index (χ0n) is 8.63. The summed E-state index contributed by atoms with van der Waals surface area (Å²) in [4.78, 5) is 14.5. The number of aromatic carboxylic acids is 1. The predicted octanol–water partition coefficient (Wildman–Crippen LogP) is 3.23. The molecule has 4 nitrogen and oxygen atoms in total. The molecular weight excluding hydrogens is 242 g/mol. The molecule has 0 fully saturated rings. The van der Waals surface area contributed by atoms with Crippen molar-refractivity contribution in [3.05, 3.63) is 53.2 Å². The van der Waals surface area contributed by atoms with E-state index in [0.29, 0.717) is 5.75 Å². The van der Waals surface area contributed by atoms with E-state index in [1.165, 1.54) is 12.3 Å². The molecule has 86 valence electrons. The lowest BCUT2D eigenvalue weighted by Crippen LogP contribution is -1.98. The lowest BCUT2D eigenvalue weighted by atomic mass is 10.3. The molecule has 0 atom stereocenters. The van der Waals surface area contributed by atoms with E-state index < -0.39 is 5.97 Å². The maximum Gasteiger partial charge on any atom is 0.337 e. The van der Waals surface area contributed by atoms with Gasteiger partial charge in [0.15, 0.2) is 0 Å². The van der Waals surface area contributed by atoms with E-state index in [9.17, 15) is 4.79 Å². The Bertz CT molecular complexity index is 543. The van der Waals surface area contributed by atoms with Crippen LogP contribution in [0.2, 0.25) is 5.02 Å². The molecule has 2 rings (SSSR count). The smallest absolute Gasteiger partial charge is 0.337 e. The number of rotatable bonds is 3. The summed E-state index contributed by atoms with van der Waals surface area (Å²) in [7, 11) is 0. The third kappa shape index (κ3) is 2.73. The molecule has 0 amide bonds. The molecule has 17 heavy (non-hydrogen) atoms. The van der Waals surface area contributed by atoms with Crippen LogP contribution < -0.4 is 4.74 Å². The summed E-state index contributed by atoms with van der Waals surface area (Å²) in [5, 5.41) is 8.91. The third-order valence-corrected chi connectivity index (χ3v) is 2.28. The number of carbonyl (C=O) groups is 1. The normalized spacial score (nSPS) is 9.94. The van der Waals surface area contributed by atoms with Gasteiger partial charge in [-0.1, -0.05) is 29.8 Å². The topological polar surface area (TPSA) is 59.4 Å². The van der Waals surface area contributed by atoms with Crippen molar-refractivity contribution >= 4 is 17.6 Å². The molecule has 0 spiro atoms. The minimum Gasteiger partial charge on any atom is -0.478 e. The van der Waals surface area contributed by atoms with Gasteiger partial charge >= 0.3 is 5.97 Å². The largest absolute Gasteiger partial charge is 0.478 e. The third-order valence-electron chi connectivity index (χ3n) is 2.01. The van der Waals surface area contributed by atoms with Crippen molar-refractivity contribution in [1.29, 1.82) is 0 Å². The van der Waals surface area contributed by atoms with Gasteiger partial charge in [-0.05, 0) is 18.2 Å². The van der Waals surface area contributed by atoms with Crippen molar-refractivity contribution in [2.45, 2.75) is 0 Å². The van der Waals surface area contributed by atoms with Gasteiger partial charge in [0.25, 0.3) is 0 Å². The van der Waals surface area contributed by atoms with Gasteiger partial charge in [-0.15, -0.1) is 0 Å². The van der Waals surface area contributed by atoms with Crippen molar-refractivity contribution in [3.63, 3.8) is 0 Å². The van der Waals surface area contributed by atoms with Crippen molar-refractivity contribution < 1.29 is 14.6 Å². The van der Waals surface area contributed by atoms with Crippen LogP contribution in [0, 0.1) is 0 Å². The summed E-state index contributed by atoms with van der Waals surface area (Å²) in [5.74, 6) is -0.307. The number of para-hydroxylation sites is 1. The molecule has 0 saturated carbocycles.